The van der Waals surface area contributed by atoms with Crippen LogP contribution in [-0.4, -0.2) is 54.0 Å². The van der Waals surface area contributed by atoms with Gasteiger partial charge in [0.2, 0.25) is 0 Å². The van der Waals surface area contributed by atoms with Crippen molar-refractivity contribution in [1.29, 1.82) is 0 Å². The van der Waals surface area contributed by atoms with Gasteiger partial charge in [-0.1, -0.05) is 0 Å². The van der Waals surface area contributed by atoms with Crippen LogP contribution < -0.4 is 0 Å². The minimum Gasteiger partial charge on any atom is -0.481 e. The van der Waals surface area contributed by atoms with Gasteiger partial charge in [0, 0.05) is 26.8 Å². The molecule has 0 radical (unpaired) electrons. The number of methoxy groups -OCH3 is 1. The highest BCUT2D eigenvalue weighted by atomic mass is 16.5. The lowest BCUT2D eigenvalue weighted by Gasteiger charge is -2.37. The molecule has 0 aromatic heterocycles. The highest BCUT2D eigenvalue weighted by molar-refractivity contribution is 5.75. The van der Waals surface area contributed by atoms with Crippen LogP contribution in [0, 0.1) is 5.41 Å². The topological polar surface area (TPSA) is 87.1 Å². The molecule has 1 aliphatic rings. The summed E-state index contributed by atoms with van der Waals surface area (Å²) in [5.74, 6) is -0.821. The molecule has 17 heavy (non-hydrogen) atoms. The second-order valence-electron chi connectivity index (χ2n) is 4.45. The predicted octanol–water partition coefficient (Wildman–Crippen LogP) is 1.26. The number of aliphatic carboxylic acids is 1. The summed E-state index contributed by atoms with van der Waals surface area (Å²) in [5.41, 5.74) is -0.773. The van der Waals surface area contributed by atoms with Crippen molar-refractivity contribution in [3.63, 3.8) is 0 Å². The Morgan fingerprint density at radius 3 is 2.29 bits per heavy atom. The van der Waals surface area contributed by atoms with Crippen molar-refractivity contribution in [3.05, 3.63) is 0 Å². The Bertz CT molecular complexity index is 284. The standard InChI is InChI=1S/C11H19NO5/c1-17-8-2-3-11(9(13)14)4-6-12(7-5-11)10(15)16/h2-8H2,1H3,(H,13,14)(H,15,16). The van der Waals surface area contributed by atoms with Gasteiger partial charge in [-0.25, -0.2) is 4.79 Å². The van der Waals surface area contributed by atoms with Crippen LogP contribution in [0.15, 0.2) is 0 Å². The third-order valence-electron chi connectivity index (χ3n) is 3.45. The third-order valence-corrected chi connectivity index (χ3v) is 3.45. The van der Waals surface area contributed by atoms with Crippen molar-refractivity contribution in [1.82, 2.24) is 4.90 Å². The van der Waals surface area contributed by atoms with Gasteiger partial charge in [0.1, 0.15) is 0 Å². The SMILES string of the molecule is COCCCC1(C(=O)O)CCN(C(=O)O)CC1. The molecule has 0 aromatic rings. The Morgan fingerprint density at radius 1 is 1.29 bits per heavy atom. The van der Waals surface area contributed by atoms with Crippen LogP contribution in [0.3, 0.4) is 0 Å². The average molecular weight is 245 g/mol. The predicted molar refractivity (Wildman–Crippen MR) is 60.0 cm³/mol. The number of amides is 1. The molecule has 0 bridgehead atoms. The van der Waals surface area contributed by atoms with Crippen molar-refractivity contribution in [2.24, 2.45) is 5.41 Å². The Kier molecular flexibility index (Phi) is 4.74. The van der Waals surface area contributed by atoms with E-state index in [1.165, 1.54) is 4.90 Å². The summed E-state index contributed by atoms with van der Waals surface area (Å²) in [4.78, 5) is 23.4. The Labute approximate surface area is 100 Å². The molecule has 0 atom stereocenters. The molecule has 1 aliphatic heterocycles. The van der Waals surface area contributed by atoms with E-state index in [9.17, 15) is 14.7 Å². The molecule has 6 heteroatoms. The molecular formula is C11H19NO5. The number of ether oxygens (including phenoxy) is 1. The summed E-state index contributed by atoms with van der Waals surface area (Å²) in [6.45, 7) is 1.14. The number of likely N-dealkylation sites (tertiary alicyclic amines) is 1. The first-order chi connectivity index (χ1) is 8.02. The van der Waals surface area contributed by atoms with Crippen molar-refractivity contribution in [2.45, 2.75) is 25.7 Å². The smallest absolute Gasteiger partial charge is 0.407 e. The monoisotopic (exact) mass is 245 g/mol. The lowest BCUT2D eigenvalue weighted by atomic mass is 9.75. The largest absolute Gasteiger partial charge is 0.481 e. The van der Waals surface area contributed by atoms with E-state index in [0.717, 1.165) is 0 Å². The van der Waals surface area contributed by atoms with Crippen LogP contribution in [-0.2, 0) is 9.53 Å². The number of carboxylic acid groups (broad SMARTS) is 2. The molecule has 1 heterocycles. The fourth-order valence-corrected chi connectivity index (χ4v) is 2.25. The Hall–Kier alpha value is -1.30. The summed E-state index contributed by atoms with van der Waals surface area (Å²) in [5, 5.41) is 18.1. The first-order valence-corrected chi connectivity index (χ1v) is 5.72. The Balaban J connectivity index is 2.57. The van der Waals surface area contributed by atoms with Crippen LogP contribution in [0.1, 0.15) is 25.7 Å². The normalized spacial score (nSPS) is 19.0. The van der Waals surface area contributed by atoms with Gasteiger partial charge in [-0.05, 0) is 25.7 Å². The number of carboxylic acids is 1. The van der Waals surface area contributed by atoms with E-state index >= 15 is 0 Å². The van der Waals surface area contributed by atoms with Crippen molar-refractivity contribution in [3.8, 4) is 0 Å². The molecule has 0 aromatic carbocycles. The summed E-state index contributed by atoms with van der Waals surface area (Å²) in [6, 6.07) is 0. The maximum atomic E-state index is 11.3. The van der Waals surface area contributed by atoms with Crippen molar-refractivity contribution >= 4 is 12.1 Å². The minimum absolute atomic E-state index is 0.300. The van der Waals surface area contributed by atoms with Gasteiger partial charge in [-0.2, -0.15) is 0 Å². The van der Waals surface area contributed by atoms with E-state index < -0.39 is 17.5 Å². The number of rotatable bonds is 5. The van der Waals surface area contributed by atoms with Gasteiger partial charge >= 0.3 is 12.1 Å². The highest BCUT2D eigenvalue weighted by Crippen LogP contribution is 2.36. The molecule has 2 N–H and O–H groups in total. The number of carbonyl (C=O) groups is 2. The van der Waals surface area contributed by atoms with E-state index in [0.29, 0.717) is 45.4 Å². The fraction of sp³-hybridized carbons (Fsp3) is 0.818. The quantitative estimate of drug-likeness (QED) is 0.712. The summed E-state index contributed by atoms with van der Waals surface area (Å²) < 4.78 is 4.92. The second kappa shape index (κ2) is 5.86. The minimum atomic E-state index is -0.971. The van der Waals surface area contributed by atoms with Gasteiger partial charge in [-0.3, -0.25) is 4.79 Å². The van der Waals surface area contributed by atoms with Crippen LogP contribution in [0.4, 0.5) is 4.79 Å². The molecule has 1 saturated heterocycles. The van der Waals surface area contributed by atoms with E-state index in [1.807, 2.05) is 0 Å². The first kappa shape index (κ1) is 13.8. The molecule has 1 fully saturated rings. The lowest BCUT2D eigenvalue weighted by Crippen LogP contribution is -2.46. The number of nitrogens with zero attached hydrogens (tertiary/aromatic N) is 1. The van der Waals surface area contributed by atoms with E-state index in [-0.39, 0.29) is 0 Å². The van der Waals surface area contributed by atoms with Crippen LogP contribution in [0.5, 0.6) is 0 Å². The maximum Gasteiger partial charge on any atom is 0.407 e. The molecule has 0 saturated carbocycles. The zero-order valence-corrected chi connectivity index (χ0v) is 10.0. The van der Waals surface area contributed by atoms with Gasteiger partial charge < -0.3 is 19.8 Å². The summed E-state index contributed by atoms with van der Waals surface area (Å²) >= 11 is 0. The van der Waals surface area contributed by atoms with Crippen LogP contribution in [0.2, 0.25) is 0 Å². The maximum absolute atomic E-state index is 11.3. The molecule has 98 valence electrons. The van der Waals surface area contributed by atoms with Crippen molar-refractivity contribution in [2.75, 3.05) is 26.8 Å². The number of hydrogen-bond donors (Lipinski definition) is 2. The van der Waals surface area contributed by atoms with Gasteiger partial charge in [0.15, 0.2) is 0 Å². The zero-order chi connectivity index (χ0) is 12.9. The molecule has 0 unspecified atom stereocenters. The van der Waals surface area contributed by atoms with Gasteiger partial charge in [0.25, 0.3) is 0 Å². The second-order valence-corrected chi connectivity index (χ2v) is 4.45. The lowest BCUT2D eigenvalue weighted by molar-refractivity contribution is -0.152. The van der Waals surface area contributed by atoms with E-state index in [2.05, 4.69) is 0 Å². The van der Waals surface area contributed by atoms with Gasteiger partial charge in [-0.15, -0.1) is 0 Å². The molecule has 0 spiro atoms. The average Bonchev–Trinajstić information content (AvgIpc) is 2.29. The van der Waals surface area contributed by atoms with E-state index in [4.69, 9.17) is 9.84 Å². The van der Waals surface area contributed by atoms with E-state index in [1.54, 1.807) is 7.11 Å². The number of hydrogen-bond acceptors (Lipinski definition) is 3. The fourth-order valence-electron chi connectivity index (χ4n) is 2.25. The van der Waals surface area contributed by atoms with Crippen molar-refractivity contribution < 1.29 is 24.5 Å². The molecular weight excluding hydrogens is 226 g/mol. The first-order valence-electron chi connectivity index (χ1n) is 5.72. The molecule has 1 rings (SSSR count). The molecule has 6 nitrogen and oxygen atoms in total. The molecule has 0 aliphatic carbocycles. The number of piperidine rings is 1. The van der Waals surface area contributed by atoms with Crippen LogP contribution in [0.25, 0.3) is 0 Å². The highest BCUT2D eigenvalue weighted by Gasteiger charge is 2.41. The summed E-state index contributed by atoms with van der Waals surface area (Å²) in [7, 11) is 1.58. The Morgan fingerprint density at radius 2 is 1.88 bits per heavy atom. The third kappa shape index (κ3) is 3.33. The van der Waals surface area contributed by atoms with Gasteiger partial charge in [0.05, 0.1) is 5.41 Å². The molecule has 1 amide bonds. The van der Waals surface area contributed by atoms with Crippen LogP contribution >= 0.6 is 0 Å². The summed E-state index contributed by atoms with van der Waals surface area (Å²) in [6.07, 6.45) is 1.04. The zero-order valence-electron chi connectivity index (χ0n) is 10.0.